The fourth-order valence-corrected chi connectivity index (χ4v) is 3.23. The zero-order chi connectivity index (χ0) is 14.7. The highest BCUT2D eigenvalue weighted by atomic mass is 16.3. The van der Waals surface area contributed by atoms with Crippen molar-refractivity contribution < 1.29 is 9.90 Å². The molecule has 0 bridgehead atoms. The second-order valence-corrected chi connectivity index (χ2v) is 5.42. The van der Waals surface area contributed by atoms with Gasteiger partial charge in [-0.15, -0.1) is 0 Å². The molecule has 0 aromatic heterocycles. The largest absolute Gasteiger partial charge is 0.376 e. The zero-order valence-corrected chi connectivity index (χ0v) is 11.9. The molecule has 3 heteroatoms. The second kappa shape index (κ2) is 6.10. The van der Waals surface area contributed by atoms with Gasteiger partial charge in [0.1, 0.15) is 6.73 Å². The summed E-state index contributed by atoms with van der Waals surface area (Å²) in [4.78, 5) is 13.7. The topological polar surface area (TPSA) is 40.5 Å². The maximum atomic E-state index is 12.2. The van der Waals surface area contributed by atoms with Gasteiger partial charge >= 0.3 is 0 Å². The Labute approximate surface area is 124 Å². The highest BCUT2D eigenvalue weighted by molar-refractivity contribution is 5.78. The molecule has 1 heterocycles. The molecule has 1 N–H and O–H groups in total. The fourth-order valence-electron chi connectivity index (χ4n) is 3.23. The van der Waals surface area contributed by atoms with E-state index in [0.29, 0.717) is 6.42 Å². The van der Waals surface area contributed by atoms with Crippen LogP contribution in [0.2, 0.25) is 0 Å². The summed E-state index contributed by atoms with van der Waals surface area (Å²) in [5, 5.41) is 9.66. The number of carbonyl (C=O) groups excluding carboxylic acids is 1. The third-order valence-corrected chi connectivity index (χ3v) is 4.23. The summed E-state index contributed by atoms with van der Waals surface area (Å²) in [6, 6.07) is 20.1. The summed E-state index contributed by atoms with van der Waals surface area (Å²) >= 11 is 0. The van der Waals surface area contributed by atoms with Crippen molar-refractivity contribution in [2.75, 3.05) is 6.73 Å². The molecule has 1 amide bonds. The molecule has 3 rings (SSSR count). The molecule has 21 heavy (non-hydrogen) atoms. The van der Waals surface area contributed by atoms with Crippen LogP contribution in [0.1, 0.15) is 35.9 Å². The van der Waals surface area contributed by atoms with Crippen LogP contribution >= 0.6 is 0 Å². The Kier molecular flexibility index (Phi) is 4.02. The summed E-state index contributed by atoms with van der Waals surface area (Å²) in [7, 11) is 0. The van der Waals surface area contributed by atoms with Crippen molar-refractivity contribution >= 4 is 5.91 Å². The van der Waals surface area contributed by atoms with Gasteiger partial charge in [-0.1, -0.05) is 60.7 Å². The van der Waals surface area contributed by atoms with E-state index in [9.17, 15) is 9.90 Å². The van der Waals surface area contributed by atoms with Crippen molar-refractivity contribution in [3.63, 3.8) is 0 Å². The summed E-state index contributed by atoms with van der Waals surface area (Å²) in [6.45, 7) is -0.234. The van der Waals surface area contributed by atoms with Crippen molar-refractivity contribution in [2.45, 2.75) is 24.8 Å². The van der Waals surface area contributed by atoms with Crippen molar-refractivity contribution in [2.24, 2.45) is 0 Å². The number of benzene rings is 2. The lowest BCUT2D eigenvalue weighted by Gasteiger charge is -2.40. The van der Waals surface area contributed by atoms with E-state index in [1.807, 2.05) is 48.5 Å². The van der Waals surface area contributed by atoms with Crippen molar-refractivity contribution in [3.8, 4) is 0 Å². The minimum Gasteiger partial charge on any atom is -0.376 e. The average molecular weight is 281 g/mol. The first-order chi connectivity index (χ1) is 10.3. The average Bonchev–Trinajstić information content (AvgIpc) is 2.56. The van der Waals surface area contributed by atoms with Gasteiger partial charge in [0.25, 0.3) is 0 Å². The smallest absolute Gasteiger partial charge is 0.224 e. The van der Waals surface area contributed by atoms with Crippen molar-refractivity contribution in [3.05, 3.63) is 71.8 Å². The van der Waals surface area contributed by atoms with E-state index in [-0.39, 0.29) is 24.6 Å². The first-order valence-electron chi connectivity index (χ1n) is 7.31. The number of hydrogen-bond donors (Lipinski definition) is 1. The molecule has 1 fully saturated rings. The van der Waals surface area contributed by atoms with Gasteiger partial charge in [-0.3, -0.25) is 4.79 Å². The normalized spacial score (nSPS) is 22.3. The number of carbonyl (C=O) groups is 1. The number of likely N-dealkylation sites (tertiary alicyclic amines) is 1. The van der Waals surface area contributed by atoms with Gasteiger partial charge in [-0.05, 0) is 17.5 Å². The number of nitrogens with zero attached hydrogens (tertiary/aromatic N) is 1. The third-order valence-electron chi connectivity index (χ3n) is 4.23. The summed E-state index contributed by atoms with van der Waals surface area (Å²) in [6.07, 6.45) is 1.31. The molecular weight excluding hydrogens is 262 g/mol. The van der Waals surface area contributed by atoms with Gasteiger partial charge in [0.15, 0.2) is 0 Å². The van der Waals surface area contributed by atoms with E-state index < -0.39 is 0 Å². The monoisotopic (exact) mass is 281 g/mol. The lowest BCUT2D eigenvalue weighted by atomic mass is 9.80. The maximum Gasteiger partial charge on any atom is 0.224 e. The Balaban J connectivity index is 2.03. The third kappa shape index (κ3) is 2.69. The molecule has 108 valence electrons. The zero-order valence-electron chi connectivity index (χ0n) is 11.9. The van der Waals surface area contributed by atoms with Crippen LogP contribution in [0.4, 0.5) is 0 Å². The van der Waals surface area contributed by atoms with E-state index in [4.69, 9.17) is 0 Å². The van der Waals surface area contributed by atoms with E-state index in [0.717, 1.165) is 12.0 Å². The molecule has 2 atom stereocenters. The van der Waals surface area contributed by atoms with Gasteiger partial charge in [0, 0.05) is 12.3 Å². The minimum absolute atomic E-state index is 0.0264. The lowest BCUT2D eigenvalue weighted by molar-refractivity contribution is -0.142. The molecule has 1 saturated heterocycles. The Hall–Kier alpha value is -2.13. The number of rotatable bonds is 3. The summed E-state index contributed by atoms with van der Waals surface area (Å²) < 4.78 is 0. The van der Waals surface area contributed by atoms with Crippen molar-refractivity contribution in [1.29, 1.82) is 0 Å². The molecule has 0 spiro atoms. The Morgan fingerprint density at radius 1 is 0.952 bits per heavy atom. The second-order valence-electron chi connectivity index (χ2n) is 5.42. The molecule has 2 aromatic rings. The van der Waals surface area contributed by atoms with Gasteiger partial charge < -0.3 is 10.0 Å². The number of aliphatic hydroxyl groups is 1. The van der Waals surface area contributed by atoms with Crippen LogP contribution in [0.5, 0.6) is 0 Å². The molecular formula is C18H19NO2. The Morgan fingerprint density at radius 3 is 2.10 bits per heavy atom. The molecule has 0 saturated carbocycles. The highest BCUT2D eigenvalue weighted by Crippen LogP contribution is 2.42. The number of hydrogen-bond acceptors (Lipinski definition) is 2. The molecule has 0 radical (unpaired) electrons. The Morgan fingerprint density at radius 2 is 1.52 bits per heavy atom. The lowest BCUT2D eigenvalue weighted by Crippen LogP contribution is -2.42. The van der Waals surface area contributed by atoms with Gasteiger partial charge in [-0.25, -0.2) is 0 Å². The Bertz CT molecular complexity index is 597. The van der Waals surface area contributed by atoms with Crippen LogP contribution in [-0.4, -0.2) is 22.6 Å². The van der Waals surface area contributed by atoms with E-state index >= 15 is 0 Å². The summed E-state index contributed by atoms with van der Waals surface area (Å²) in [5.41, 5.74) is 2.30. The van der Waals surface area contributed by atoms with Crippen LogP contribution in [0, 0.1) is 0 Å². The van der Waals surface area contributed by atoms with Crippen LogP contribution in [-0.2, 0) is 4.79 Å². The molecule has 0 unspecified atom stereocenters. The first kappa shape index (κ1) is 13.8. The summed E-state index contributed by atoms with van der Waals surface area (Å²) in [5.74, 6) is 0.247. The van der Waals surface area contributed by atoms with E-state index in [2.05, 4.69) is 12.1 Å². The number of amides is 1. The van der Waals surface area contributed by atoms with E-state index in [1.54, 1.807) is 4.90 Å². The van der Waals surface area contributed by atoms with Gasteiger partial charge in [0.2, 0.25) is 5.91 Å². The first-order valence-corrected chi connectivity index (χ1v) is 7.31. The fraction of sp³-hybridized carbons (Fsp3) is 0.278. The van der Waals surface area contributed by atoms with Crippen LogP contribution < -0.4 is 0 Å². The SMILES string of the molecule is O=C1CC[C@H](c2ccccc2)[C@@H](c2ccccc2)N1CO. The molecule has 1 aliphatic heterocycles. The van der Waals surface area contributed by atoms with Gasteiger partial charge in [0.05, 0.1) is 6.04 Å². The quantitative estimate of drug-likeness (QED) is 0.939. The predicted octanol–water partition coefficient (Wildman–Crippen LogP) is 3.08. The molecule has 3 nitrogen and oxygen atoms in total. The maximum absolute atomic E-state index is 12.2. The number of aliphatic hydroxyl groups excluding tert-OH is 1. The molecule has 2 aromatic carbocycles. The van der Waals surface area contributed by atoms with Crippen LogP contribution in [0.15, 0.2) is 60.7 Å². The van der Waals surface area contributed by atoms with E-state index in [1.165, 1.54) is 5.56 Å². The van der Waals surface area contributed by atoms with Crippen LogP contribution in [0.3, 0.4) is 0 Å². The standard InChI is InChI=1S/C18H19NO2/c20-13-19-17(21)12-11-16(14-7-3-1-4-8-14)18(19)15-9-5-2-6-10-15/h1-10,16,18,20H,11-13H2/t16-,18-/m1/s1. The molecule has 1 aliphatic rings. The minimum atomic E-state index is -0.234. The number of piperidine rings is 1. The molecule has 0 aliphatic carbocycles. The van der Waals surface area contributed by atoms with Crippen molar-refractivity contribution in [1.82, 2.24) is 4.90 Å². The predicted molar refractivity (Wildman–Crippen MR) is 81.5 cm³/mol. The van der Waals surface area contributed by atoms with Crippen LogP contribution in [0.25, 0.3) is 0 Å². The van der Waals surface area contributed by atoms with Gasteiger partial charge in [-0.2, -0.15) is 0 Å². The highest BCUT2D eigenvalue weighted by Gasteiger charge is 2.37.